The molecule has 0 aromatic heterocycles. The van der Waals surface area contributed by atoms with Gasteiger partial charge in [-0.05, 0) is 74.1 Å². The van der Waals surface area contributed by atoms with Gasteiger partial charge in [0.25, 0.3) is 5.91 Å². The van der Waals surface area contributed by atoms with Crippen LogP contribution in [0.4, 0.5) is 11.4 Å². The predicted octanol–water partition coefficient (Wildman–Crippen LogP) is 4.48. The van der Waals surface area contributed by atoms with E-state index in [-0.39, 0.29) is 29.2 Å². The van der Waals surface area contributed by atoms with Gasteiger partial charge in [0.2, 0.25) is 11.8 Å². The summed E-state index contributed by atoms with van der Waals surface area (Å²) in [6, 6.07) is 11.6. The number of carbonyl (C=O) groups is 4. The molecule has 1 aliphatic heterocycles. The van der Waals surface area contributed by atoms with E-state index in [0.29, 0.717) is 30.1 Å². The predicted molar refractivity (Wildman–Crippen MR) is 127 cm³/mol. The van der Waals surface area contributed by atoms with Crippen LogP contribution in [-0.2, 0) is 19.1 Å². The van der Waals surface area contributed by atoms with Crippen LogP contribution < -0.4 is 10.2 Å². The van der Waals surface area contributed by atoms with Crippen molar-refractivity contribution in [3.05, 3.63) is 58.1 Å². The van der Waals surface area contributed by atoms with Gasteiger partial charge in [-0.25, -0.2) is 4.79 Å². The summed E-state index contributed by atoms with van der Waals surface area (Å²) in [6.07, 6.45) is 2.35. The number of halogens is 1. The SMILES string of the molecule is Cc1cc(NC(=O)COC(=O)c2cccc(N3C(=O)[C@H]4C[C@H](C)CC[C@H]4C3=O)c2)ccc1Br. The number of amides is 3. The van der Waals surface area contributed by atoms with Gasteiger partial charge in [0.1, 0.15) is 0 Å². The van der Waals surface area contributed by atoms with Crippen LogP contribution in [0.3, 0.4) is 0 Å². The molecule has 172 valence electrons. The summed E-state index contributed by atoms with van der Waals surface area (Å²) in [5.41, 5.74) is 2.09. The van der Waals surface area contributed by atoms with Gasteiger partial charge < -0.3 is 10.1 Å². The zero-order chi connectivity index (χ0) is 23.7. The first-order chi connectivity index (χ1) is 15.7. The van der Waals surface area contributed by atoms with E-state index in [2.05, 4.69) is 28.2 Å². The third kappa shape index (κ3) is 4.85. The third-order valence-corrected chi connectivity index (χ3v) is 7.19. The summed E-state index contributed by atoms with van der Waals surface area (Å²) < 4.78 is 6.07. The molecule has 2 aromatic rings. The lowest BCUT2D eigenvalue weighted by Gasteiger charge is -2.25. The molecule has 8 heteroatoms. The summed E-state index contributed by atoms with van der Waals surface area (Å²) in [5, 5.41) is 2.68. The second-order valence-corrected chi connectivity index (χ2v) is 9.64. The van der Waals surface area contributed by atoms with E-state index in [4.69, 9.17) is 4.74 Å². The fraction of sp³-hybridized carbons (Fsp3) is 0.360. The Morgan fingerprint density at radius 1 is 1.09 bits per heavy atom. The van der Waals surface area contributed by atoms with E-state index in [1.165, 1.54) is 17.0 Å². The molecule has 4 rings (SSSR count). The highest BCUT2D eigenvalue weighted by atomic mass is 79.9. The van der Waals surface area contributed by atoms with Crippen molar-refractivity contribution < 1.29 is 23.9 Å². The largest absolute Gasteiger partial charge is 0.452 e. The van der Waals surface area contributed by atoms with Gasteiger partial charge in [0.15, 0.2) is 6.61 Å². The molecule has 2 fully saturated rings. The van der Waals surface area contributed by atoms with E-state index >= 15 is 0 Å². The summed E-state index contributed by atoms with van der Waals surface area (Å²) >= 11 is 3.40. The summed E-state index contributed by atoms with van der Waals surface area (Å²) in [7, 11) is 0. The van der Waals surface area contributed by atoms with Crippen LogP contribution in [0.1, 0.15) is 42.1 Å². The normalized spacial score (nSPS) is 22.2. The molecule has 33 heavy (non-hydrogen) atoms. The summed E-state index contributed by atoms with van der Waals surface area (Å²) in [5.74, 6) is -1.74. The molecule has 0 spiro atoms. The van der Waals surface area contributed by atoms with Gasteiger partial charge in [0, 0.05) is 10.2 Å². The Morgan fingerprint density at radius 2 is 1.85 bits per heavy atom. The molecular weight excluding hydrogens is 488 g/mol. The minimum absolute atomic E-state index is 0.170. The van der Waals surface area contributed by atoms with Crippen LogP contribution in [0, 0.1) is 24.7 Å². The highest BCUT2D eigenvalue weighted by Crippen LogP contribution is 2.42. The number of carbonyl (C=O) groups excluding carboxylic acids is 4. The Hall–Kier alpha value is -3.00. The zero-order valence-electron chi connectivity index (χ0n) is 18.5. The van der Waals surface area contributed by atoms with Gasteiger partial charge in [-0.3, -0.25) is 19.3 Å². The summed E-state index contributed by atoms with van der Waals surface area (Å²) in [6.45, 7) is 3.54. The Kier molecular flexibility index (Phi) is 6.65. The Morgan fingerprint density at radius 3 is 2.61 bits per heavy atom. The molecule has 3 atom stereocenters. The van der Waals surface area contributed by atoms with Crippen LogP contribution in [0.25, 0.3) is 0 Å². The number of aryl methyl sites for hydroxylation is 1. The van der Waals surface area contributed by atoms with Gasteiger partial charge in [-0.1, -0.05) is 28.9 Å². The van der Waals surface area contributed by atoms with Crippen LogP contribution in [0.15, 0.2) is 46.9 Å². The number of hydrogen-bond donors (Lipinski definition) is 1. The molecule has 2 aliphatic rings. The molecule has 1 N–H and O–H groups in total. The fourth-order valence-electron chi connectivity index (χ4n) is 4.55. The Bertz CT molecular complexity index is 1130. The maximum atomic E-state index is 12.9. The molecular formula is C25H25BrN2O5. The molecule has 1 saturated heterocycles. The number of hydrogen-bond acceptors (Lipinski definition) is 5. The molecule has 3 amide bonds. The average molecular weight is 513 g/mol. The fourth-order valence-corrected chi connectivity index (χ4v) is 4.80. The minimum atomic E-state index is -0.705. The van der Waals surface area contributed by atoms with Gasteiger partial charge >= 0.3 is 5.97 Å². The number of imide groups is 1. The van der Waals surface area contributed by atoms with Crippen molar-refractivity contribution in [1.82, 2.24) is 0 Å². The second kappa shape index (κ2) is 9.47. The number of fused-ring (bicyclic) bond motifs is 1. The van der Waals surface area contributed by atoms with Gasteiger partial charge in [-0.15, -0.1) is 0 Å². The number of esters is 1. The average Bonchev–Trinajstić information content (AvgIpc) is 3.04. The maximum absolute atomic E-state index is 12.9. The number of ether oxygens (including phenoxy) is 1. The first kappa shape index (κ1) is 23.2. The van der Waals surface area contributed by atoms with Crippen molar-refractivity contribution in [2.45, 2.75) is 33.1 Å². The lowest BCUT2D eigenvalue weighted by Crippen LogP contribution is -2.31. The standard InChI is InChI=1S/C25H25BrN2O5/c1-14-6-8-19-20(10-14)24(31)28(23(19)30)18-5-3-4-16(12-18)25(32)33-13-22(29)27-17-7-9-21(26)15(2)11-17/h3-5,7,9,11-12,14,19-20H,6,8,10,13H2,1-2H3,(H,27,29)/t14-,19-,20+/m1/s1. The van der Waals surface area contributed by atoms with Crippen molar-refractivity contribution in [1.29, 1.82) is 0 Å². The van der Waals surface area contributed by atoms with E-state index < -0.39 is 18.5 Å². The molecule has 0 unspecified atom stereocenters. The lowest BCUT2D eigenvalue weighted by atomic mass is 9.76. The number of rotatable bonds is 5. The molecule has 1 heterocycles. The van der Waals surface area contributed by atoms with E-state index in [0.717, 1.165) is 16.5 Å². The van der Waals surface area contributed by atoms with Crippen molar-refractivity contribution >= 4 is 51.0 Å². The molecule has 2 aromatic carbocycles. The second-order valence-electron chi connectivity index (χ2n) is 8.78. The summed E-state index contributed by atoms with van der Waals surface area (Å²) in [4.78, 5) is 51.8. The van der Waals surface area contributed by atoms with Crippen molar-refractivity contribution in [2.75, 3.05) is 16.8 Å². The number of nitrogens with one attached hydrogen (secondary N) is 1. The van der Waals surface area contributed by atoms with Crippen LogP contribution >= 0.6 is 15.9 Å². The zero-order valence-corrected chi connectivity index (χ0v) is 20.1. The Balaban J connectivity index is 1.40. The molecule has 1 saturated carbocycles. The minimum Gasteiger partial charge on any atom is -0.452 e. The van der Waals surface area contributed by atoms with Gasteiger partial charge in [0.05, 0.1) is 23.1 Å². The Labute approximate surface area is 200 Å². The van der Waals surface area contributed by atoms with Crippen molar-refractivity contribution in [3.63, 3.8) is 0 Å². The number of nitrogens with zero attached hydrogens (tertiary/aromatic N) is 1. The molecule has 1 aliphatic carbocycles. The third-order valence-electron chi connectivity index (χ3n) is 6.30. The lowest BCUT2D eigenvalue weighted by molar-refractivity contribution is -0.122. The molecule has 0 radical (unpaired) electrons. The molecule has 0 bridgehead atoms. The highest BCUT2D eigenvalue weighted by Gasteiger charge is 2.50. The maximum Gasteiger partial charge on any atom is 0.338 e. The van der Waals surface area contributed by atoms with Crippen molar-refractivity contribution in [2.24, 2.45) is 17.8 Å². The van der Waals surface area contributed by atoms with E-state index in [9.17, 15) is 19.2 Å². The van der Waals surface area contributed by atoms with E-state index in [1.807, 2.05) is 13.0 Å². The van der Waals surface area contributed by atoms with E-state index in [1.54, 1.807) is 24.3 Å². The van der Waals surface area contributed by atoms with Crippen molar-refractivity contribution in [3.8, 4) is 0 Å². The number of anilines is 2. The number of benzene rings is 2. The monoisotopic (exact) mass is 512 g/mol. The first-order valence-electron chi connectivity index (χ1n) is 11.0. The van der Waals surface area contributed by atoms with Crippen LogP contribution in [0.2, 0.25) is 0 Å². The molecule has 7 nitrogen and oxygen atoms in total. The first-order valence-corrected chi connectivity index (χ1v) is 11.7. The highest BCUT2D eigenvalue weighted by molar-refractivity contribution is 9.10. The smallest absolute Gasteiger partial charge is 0.338 e. The van der Waals surface area contributed by atoms with Crippen LogP contribution in [0.5, 0.6) is 0 Å². The quantitative estimate of drug-likeness (QED) is 0.470. The van der Waals surface area contributed by atoms with Crippen LogP contribution in [-0.4, -0.2) is 30.3 Å². The van der Waals surface area contributed by atoms with Gasteiger partial charge in [-0.2, -0.15) is 0 Å². The topological polar surface area (TPSA) is 92.8 Å².